The van der Waals surface area contributed by atoms with E-state index in [2.05, 4.69) is 41.6 Å². The van der Waals surface area contributed by atoms with Gasteiger partial charge in [-0.1, -0.05) is 220 Å². The van der Waals surface area contributed by atoms with Gasteiger partial charge in [0.2, 0.25) is 0 Å². The lowest BCUT2D eigenvalue weighted by Crippen LogP contribution is -2.41. The van der Waals surface area contributed by atoms with Crippen LogP contribution in [0.5, 0.6) is 0 Å². The van der Waals surface area contributed by atoms with Crippen LogP contribution in [0.4, 0.5) is 11.4 Å². The highest BCUT2D eigenvalue weighted by atomic mass is 35.5. The number of nitrogens with one attached hydrogen (secondary N) is 3. The van der Waals surface area contributed by atoms with E-state index in [4.69, 9.17) is 0 Å². The van der Waals surface area contributed by atoms with Crippen LogP contribution in [-0.2, 0) is 0 Å². The Labute approximate surface area is 372 Å². The van der Waals surface area contributed by atoms with Gasteiger partial charge in [0.25, 0.3) is 10.9 Å². The Bertz CT molecular complexity index is 1060. The number of aliphatic hydroxyl groups is 1. The van der Waals surface area contributed by atoms with E-state index in [1.807, 2.05) is 0 Å². The predicted octanol–water partition coefficient (Wildman–Crippen LogP) is 13.9. The molecule has 8 heteroatoms. The molecule has 0 saturated carbocycles. The predicted molar refractivity (Wildman–Crippen MR) is 264 cm³/mol. The first-order valence-corrected chi connectivity index (χ1v) is 26.0. The summed E-state index contributed by atoms with van der Waals surface area (Å²) in [6.07, 6.45) is 47.2. The van der Waals surface area contributed by atoms with Crippen LogP contribution >= 0.6 is 12.4 Å². The number of rotatable bonds is 48. The van der Waals surface area contributed by atoms with Crippen LogP contribution < -0.4 is 26.8 Å². The first-order chi connectivity index (χ1) is 28.5. The summed E-state index contributed by atoms with van der Waals surface area (Å²) in [4.78, 5) is 27.2. The van der Waals surface area contributed by atoms with Crippen molar-refractivity contribution in [2.75, 3.05) is 56.4 Å². The molecule has 0 aliphatic carbocycles. The molecule has 0 aliphatic heterocycles. The minimum absolute atomic E-state index is 0. The summed E-state index contributed by atoms with van der Waals surface area (Å²) in [5.41, 5.74) is -0.104. The second kappa shape index (κ2) is 44.9. The first kappa shape index (κ1) is 57.9. The van der Waals surface area contributed by atoms with Crippen molar-refractivity contribution in [3.8, 4) is 0 Å². The van der Waals surface area contributed by atoms with Gasteiger partial charge in [-0.3, -0.25) is 9.59 Å². The van der Waals surface area contributed by atoms with Gasteiger partial charge in [-0.25, -0.2) is 0 Å². The normalized spacial score (nSPS) is 12.1. The second-order valence-corrected chi connectivity index (χ2v) is 18.1. The van der Waals surface area contributed by atoms with Crippen LogP contribution in [0, 0.1) is 0 Å². The van der Waals surface area contributed by atoms with E-state index < -0.39 is 17.0 Å². The molecule has 0 saturated heterocycles. The van der Waals surface area contributed by atoms with Gasteiger partial charge in [-0.15, -0.1) is 12.4 Å². The number of halogens is 1. The Morgan fingerprint density at radius 1 is 0.407 bits per heavy atom. The Hall–Kier alpha value is -1.15. The molecular weight excluding hydrogens is 752 g/mol. The number of hydrogen-bond donors (Lipinski definition) is 4. The minimum atomic E-state index is -0.597. The van der Waals surface area contributed by atoms with Crippen LogP contribution in [0.3, 0.4) is 0 Å². The molecule has 1 aromatic carbocycles. The van der Waals surface area contributed by atoms with Gasteiger partial charge in [0, 0.05) is 19.6 Å². The fourth-order valence-corrected chi connectivity index (χ4v) is 8.41. The molecule has 350 valence electrons. The topological polar surface area (TPSA) is 93.7 Å². The zero-order valence-corrected chi connectivity index (χ0v) is 40.4. The summed E-state index contributed by atoms with van der Waals surface area (Å²) in [6.45, 7) is 12.6. The quantitative estimate of drug-likeness (QED) is 0.0383. The van der Waals surface area contributed by atoms with Gasteiger partial charge in [0.1, 0.15) is 11.4 Å². The number of aliphatic hydroxyl groups excluding tert-OH is 1. The second-order valence-electron chi connectivity index (χ2n) is 18.1. The number of unbranched alkanes of at least 4 members (excludes halogenated alkanes) is 32. The van der Waals surface area contributed by atoms with Crippen molar-refractivity contribution >= 4 is 23.8 Å². The average Bonchev–Trinajstić information content (AvgIpc) is 3.23. The third-order valence-corrected chi connectivity index (χ3v) is 12.3. The molecule has 1 aromatic rings. The van der Waals surface area contributed by atoms with E-state index >= 15 is 0 Å². The molecule has 0 fully saturated rings. The summed E-state index contributed by atoms with van der Waals surface area (Å²) < 4.78 is 0. The van der Waals surface area contributed by atoms with Crippen molar-refractivity contribution in [2.24, 2.45) is 0 Å². The van der Waals surface area contributed by atoms with Gasteiger partial charge < -0.3 is 26.0 Å². The monoisotopic (exact) mass is 853 g/mol. The fourth-order valence-electron chi connectivity index (χ4n) is 8.41. The zero-order chi connectivity index (χ0) is 42.0. The third kappa shape index (κ3) is 35.1. The fraction of sp³-hybridized carbons (Fsp3) is 0.922. The standard InChI is InChI=1S/C51H100N4O3.ClH/c1-4-7-10-13-16-19-22-24-26-29-32-35-40-52-41-37-39-44-55(43-38-34-31-28-25-23-20-17-14-11-8-5-2)46-47(56)45-54-49-48(50(57)51(49)58)53-42-36-33-30-27-21-18-15-12-9-6-3;/h47,52-54,56H,4-46H2,1-3H3;1H. The highest BCUT2D eigenvalue weighted by molar-refractivity contribution is 5.85. The number of anilines is 2. The molecule has 1 unspecified atom stereocenters. The Morgan fingerprint density at radius 2 is 0.695 bits per heavy atom. The molecule has 0 bridgehead atoms. The van der Waals surface area contributed by atoms with Crippen molar-refractivity contribution < 1.29 is 5.11 Å². The van der Waals surface area contributed by atoms with Gasteiger partial charge >= 0.3 is 0 Å². The molecule has 0 spiro atoms. The SMILES string of the molecule is CCCCCCCCCCCCCCNCCCCN(CCCCCCCCCCCCCC)CC(O)CNc1c(NCCCCCCCCCCCC)c(=O)c1=O.Cl. The molecule has 0 aliphatic rings. The Kier molecular flexibility index (Phi) is 44.0. The molecule has 0 amide bonds. The summed E-state index contributed by atoms with van der Waals surface area (Å²) in [5, 5.41) is 21.1. The van der Waals surface area contributed by atoms with Gasteiger partial charge in [-0.05, 0) is 58.3 Å². The molecule has 1 atom stereocenters. The maximum Gasteiger partial charge on any atom is 0.253 e. The van der Waals surface area contributed by atoms with Crippen molar-refractivity contribution in [3.05, 3.63) is 20.4 Å². The van der Waals surface area contributed by atoms with Crippen LogP contribution in [0.1, 0.15) is 252 Å². The Balaban J connectivity index is 0.0000336. The molecule has 0 heterocycles. The molecule has 7 nitrogen and oxygen atoms in total. The molecule has 4 N–H and O–H groups in total. The summed E-state index contributed by atoms with van der Waals surface area (Å²) in [6, 6.07) is 0. The van der Waals surface area contributed by atoms with E-state index in [1.165, 1.54) is 205 Å². The maximum absolute atomic E-state index is 12.4. The van der Waals surface area contributed by atoms with Crippen molar-refractivity contribution in [1.82, 2.24) is 10.2 Å². The molecule has 0 radical (unpaired) electrons. The lowest BCUT2D eigenvalue weighted by atomic mass is 10.1. The molecule has 0 aromatic heterocycles. The van der Waals surface area contributed by atoms with Crippen LogP contribution in [-0.4, -0.2) is 61.9 Å². The first-order valence-electron chi connectivity index (χ1n) is 26.0. The van der Waals surface area contributed by atoms with E-state index in [0.717, 1.165) is 51.9 Å². The molecule has 1 rings (SSSR count). The van der Waals surface area contributed by atoms with Gasteiger partial charge in [0.05, 0.1) is 6.10 Å². The summed E-state index contributed by atoms with van der Waals surface area (Å²) >= 11 is 0. The summed E-state index contributed by atoms with van der Waals surface area (Å²) in [5.74, 6) is 0. The maximum atomic E-state index is 12.4. The number of nitrogens with zero attached hydrogens (tertiary/aromatic N) is 1. The largest absolute Gasteiger partial charge is 0.390 e. The lowest BCUT2D eigenvalue weighted by Gasteiger charge is -2.26. The van der Waals surface area contributed by atoms with Crippen LogP contribution in [0.15, 0.2) is 9.59 Å². The van der Waals surface area contributed by atoms with E-state index in [9.17, 15) is 14.7 Å². The third-order valence-electron chi connectivity index (χ3n) is 12.3. The lowest BCUT2D eigenvalue weighted by molar-refractivity contribution is 0.119. The number of hydrogen-bond acceptors (Lipinski definition) is 7. The minimum Gasteiger partial charge on any atom is -0.390 e. The van der Waals surface area contributed by atoms with E-state index in [1.54, 1.807) is 0 Å². The molecule has 59 heavy (non-hydrogen) atoms. The van der Waals surface area contributed by atoms with Gasteiger partial charge in [-0.2, -0.15) is 0 Å². The van der Waals surface area contributed by atoms with Crippen molar-refractivity contribution in [2.45, 2.75) is 258 Å². The highest BCUT2D eigenvalue weighted by Crippen LogP contribution is 2.17. The zero-order valence-electron chi connectivity index (χ0n) is 39.6. The van der Waals surface area contributed by atoms with Crippen LogP contribution in [0.2, 0.25) is 0 Å². The van der Waals surface area contributed by atoms with Crippen molar-refractivity contribution in [1.29, 1.82) is 0 Å². The highest BCUT2D eigenvalue weighted by Gasteiger charge is 2.21. The molecular formula is C51H101ClN4O3. The summed E-state index contributed by atoms with van der Waals surface area (Å²) in [7, 11) is 0. The smallest absolute Gasteiger partial charge is 0.253 e. The Morgan fingerprint density at radius 3 is 1.08 bits per heavy atom. The van der Waals surface area contributed by atoms with Crippen LogP contribution in [0.25, 0.3) is 0 Å². The van der Waals surface area contributed by atoms with E-state index in [-0.39, 0.29) is 19.0 Å². The van der Waals surface area contributed by atoms with Crippen molar-refractivity contribution in [3.63, 3.8) is 0 Å². The average molecular weight is 854 g/mol. The van der Waals surface area contributed by atoms with E-state index in [0.29, 0.717) is 24.5 Å². The van der Waals surface area contributed by atoms with Gasteiger partial charge in [0.15, 0.2) is 0 Å².